The smallest absolute Gasteiger partial charge is 0.232 e. The molecule has 5 nitrogen and oxygen atoms in total. The Balaban J connectivity index is 2.20. The first kappa shape index (κ1) is 14.7. The van der Waals surface area contributed by atoms with Crippen molar-refractivity contribution in [1.82, 2.24) is 4.98 Å². The molecule has 0 bridgehead atoms. The molecule has 0 radical (unpaired) electrons. The van der Waals surface area contributed by atoms with Crippen LogP contribution in [0, 0.1) is 12.8 Å². The van der Waals surface area contributed by atoms with Gasteiger partial charge in [0.05, 0.1) is 17.6 Å². The minimum atomic E-state index is -3.58. The maximum Gasteiger partial charge on any atom is 0.232 e. The monoisotopic (exact) mass is 366 g/mol. The van der Waals surface area contributed by atoms with Crippen LogP contribution in [0.4, 0.5) is 5.69 Å². The van der Waals surface area contributed by atoms with Crippen LogP contribution in [0.3, 0.4) is 0 Å². The van der Waals surface area contributed by atoms with Crippen molar-refractivity contribution in [3.63, 3.8) is 0 Å². The summed E-state index contributed by atoms with van der Waals surface area (Å²) in [6.07, 6.45) is 1.80. The van der Waals surface area contributed by atoms with Crippen molar-refractivity contribution >= 4 is 47.3 Å². The number of pyridine rings is 1. The van der Waals surface area contributed by atoms with Gasteiger partial charge in [-0.3, -0.25) is 4.79 Å². The van der Waals surface area contributed by atoms with E-state index in [1.807, 2.05) is 13.0 Å². The molecule has 0 aromatic carbocycles. The van der Waals surface area contributed by atoms with Gasteiger partial charge in [-0.1, -0.05) is 0 Å². The molecule has 1 fully saturated rings. The van der Waals surface area contributed by atoms with Crippen molar-refractivity contribution < 1.29 is 13.2 Å². The van der Waals surface area contributed by atoms with E-state index in [1.54, 1.807) is 11.1 Å². The number of aryl methyl sites for hydroxylation is 1. The molecule has 0 spiro atoms. The van der Waals surface area contributed by atoms with Crippen LogP contribution >= 0.6 is 26.6 Å². The Bertz CT molecular complexity index is 620. The number of aromatic nitrogens is 1. The fraction of sp³-hybridized carbons (Fsp3) is 0.455. The Morgan fingerprint density at radius 2 is 2.26 bits per heavy atom. The SMILES string of the molecule is Cc1cc(Br)ncc1N1CC(CS(=O)(=O)Cl)CC1=O. The first-order valence-electron chi connectivity index (χ1n) is 5.61. The molecule has 8 heteroatoms. The fourth-order valence-electron chi connectivity index (χ4n) is 2.20. The van der Waals surface area contributed by atoms with E-state index in [9.17, 15) is 13.2 Å². The Morgan fingerprint density at radius 3 is 2.84 bits per heavy atom. The van der Waals surface area contributed by atoms with E-state index in [-0.39, 0.29) is 24.0 Å². The fourth-order valence-corrected chi connectivity index (χ4v) is 3.97. The van der Waals surface area contributed by atoms with Crippen molar-refractivity contribution in [3.8, 4) is 0 Å². The molecule has 1 aromatic heterocycles. The van der Waals surface area contributed by atoms with Gasteiger partial charge in [0.15, 0.2) is 0 Å². The summed E-state index contributed by atoms with van der Waals surface area (Å²) >= 11 is 3.26. The molecule has 1 aliphatic heterocycles. The third-order valence-corrected chi connectivity index (χ3v) is 4.66. The molecule has 2 heterocycles. The summed E-state index contributed by atoms with van der Waals surface area (Å²) in [4.78, 5) is 17.6. The van der Waals surface area contributed by atoms with E-state index >= 15 is 0 Å². The van der Waals surface area contributed by atoms with E-state index < -0.39 is 9.05 Å². The molecule has 19 heavy (non-hydrogen) atoms. The van der Waals surface area contributed by atoms with Gasteiger partial charge < -0.3 is 4.90 Å². The van der Waals surface area contributed by atoms with Crippen molar-refractivity contribution in [1.29, 1.82) is 0 Å². The molecule has 1 atom stereocenters. The standard InChI is InChI=1S/C11H12BrClN2O3S/c1-7-2-10(12)14-4-9(7)15-5-8(3-11(15)16)6-19(13,17)18/h2,4,8H,3,5-6H2,1H3. The molecule has 1 aromatic rings. The summed E-state index contributed by atoms with van der Waals surface area (Å²) in [5, 5.41) is 0. The van der Waals surface area contributed by atoms with Crippen LogP contribution in [-0.4, -0.2) is 31.6 Å². The van der Waals surface area contributed by atoms with Crippen LogP contribution in [0.25, 0.3) is 0 Å². The first-order chi connectivity index (χ1) is 8.76. The molecule has 0 N–H and O–H groups in total. The van der Waals surface area contributed by atoms with E-state index in [4.69, 9.17) is 10.7 Å². The number of nitrogens with zero attached hydrogens (tertiary/aromatic N) is 2. The Labute approximate surface area is 124 Å². The van der Waals surface area contributed by atoms with Crippen LogP contribution in [0.5, 0.6) is 0 Å². The third kappa shape index (κ3) is 3.67. The Hall–Kier alpha value is -0.660. The molecular weight excluding hydrogens is 356 g/mol. The van der Waals surface area contributed by atoms with E-state index in [1.165, 1.54) is 0 Å². The zero-order valence-corrected chi connectivity index (χ0v) is 13.3. The summed E-state index contributed by atoms with van der Waals surface area (Å²) < 4.78 is 22.8. The lowest BCUT2D eigenvalue weighted by molar-refractivity contribution is -0.117. The van der Waals surface area contributed by atoms with Gasteiger partial charge in [0.1, 0.15) is 4.60 Å². The number of rotatable bonds is 3. The number of halogens is 2. The number of hydrogen-bond donors (Lipinski definition) is 0. The molecule has 1 unspecified atom stereocenters. The van der Waals surface area contributed by atoms with Gasteiger partial charge >= 0.3 is 0 Å². The Kier molecular flexibility index (Phi) is 4.17. The van der Waals surface area contributed by atoms with Crippen LogP contribution < -0.4 is 4.90 Å². The highest BCUT2D eigenvalue weighted by atomic mass is 79.9. The number of anilines is 1. The van der Waals surface area contributed by atoms with Crippen LogP contribution in [0.1, 0.15) is 12.0 Å². The van der Waals surface area contributed by atoms with Gasteiger partial charge in [0, 0.05) is 29.6 Å². The number of carbonyl (C=O) groups is 1. The van der Waals surface area contributed by atoms with Crippen LogP contribution in [0.2, 0.25) is 0 Å². The molecule has 104 valence electrons. The lowest BCUT2D eigenvalue weighted by Crippen LogP contribution is -2.26. The van der Waals surface area contributed by atoms with E-state index in [0.717, 1.165) is 5.56 Å². The van der Waals surface area contributed by atoms with Crippen molar-refractivity contribution in [3.05, 3.63) is 22.4 Å². The number of carbonyl (C=O) groups excluding carboxylic acids is 1. The van der Waals surface area contributed by atoms with Gasteiger partial charge in [-0.15, -0.1) is 0 Å². The zero-order valence-electron chi connectivity index (χ0n) is 10.1. The number of amides is 1. The van der Waals surface area contributed by atoms with Crippen molar-refractivity contribution in [2.75, 3.05) is 17.2 Å². The minimum absolute atomic E-state index is 0.0995. The van der Waals surface area contributed by atoms with Gasteiger partial charge in [0.2, 0.25) is 15.0 Å². The quantitative estimate of drug-likeness (QED) is 0.606. The summed E-state index contributed by atoms with van der Waals surface area (Å²) in [5.41, 5.74) is 1.62. The highest BCUT2D eigenvalue weighted by molar-refractivity contribution is 9.10. The second kappa shape index (κ2) is 5.38. The lowest BCUT2D eigenvalue weighted by Gasteiger charge is -2.18. The van der Waals surface area contributed by atoms with Crippen LogP contribution in [0.15, 0.2) is 16.9 Å². The maximum absolute atomic E-state index is 12.0. The minimum Gasteiger partial charge on any atom is -0.310 e. The van der Waals surface area contributed by atoms with Gasteiger partial charge in [-0.05, 0) is 34.5 Å². The van der Waals surface area contributed by atoms with E-state index in [0.29, 0.717) is 16.8 Å². The average Bonchev–Trinajstić information content (AvgIpc) is 2.56. The predicted molar refractivity (Wildman–Crippen MR) is 76.8 cm³/mol. The summed E-state index contributed by atoms with van der Waals surface area (Å²) in [6.45, 7) is 2.23. The lowest BCUT2D eigenvalue weighted by atomic mass is 10.1. The van der Waals surface area contributed by atoms with Crippen molar-refractivity contribution in [2.45, 2.75) is 13.3 Å². The average molecular weight is 368 g/mol. The molecule has 0 saturated carbocycles. The summed E-state index contributed by atoms with van der Waals surface area (Å²) in [6, 6.07) is 1.81. The van der Waals surface area contributed by atoms with Crippen molar-refractivity contribution in [2.24, 2.45) is 5.92 Å². The largest absolute Gasteiger partial charge is 0.310 e. The van der Waals surface area contributed by atoms with Gasteiger partial charge in [-0.2, -0.15) is 0 Å². The maximum atomic E-state index is 12.0. The first-order valence-corrected chi connectivity index (χ1v) is 8.88. The second-order valence-electron chi connectivity index (χ2n) is 4.57. The summed E-state index contributed by atoms with van der Waals surface area (Å²) in [5.74, 6) is -0.546. The van der Waals surface area contributed by atoms with E-state index in [2.05, 4.69) is 20.9 Å². The molecule has 1 saturated heterocycles. The van der Waals surface area contributed by atoms with Gasteiger partial charge in [0.25, 0.3) is 0 Å². The molecular formula is C11H12BrClN2O3S. The molecule has 2 rings (SSSR count). The molecule has 1 aliphatic rings. The number of hydrogen-bond acceptors (Lipinski definition) is 4. The second-order valence-corrected chi connectivity index (χ2v) is 8.21. The van der Waals surface area contributed by atoms with Crippen LogP contribution in [-0.2, 0) is 13.8 Å². The zero-order chi connectivity index (χ0) is 14.2. The normalized spacial score (nSPS) is 20.1. The highest BCUT2D eigenvalue weighted by Gasteiger charge is 2.33. The topological polar surface area (TPSA) is 67.3 Å². The Morgan fingerprint density at radius 1 is 1.58 bits per heavy atom. The van der Waals surface area contributed by atoms with Gasteiger partial charge in [-0.25, -0.2) is 13.4 Å². The highest BCUT2D eigenvalue weighted by Crippen LogP contribution is 2.29. The third-order valence-electron chi connectivity index (χ3n) is 2.98. The summed E-state index contributed by atoms with van der Waals surface area (Å²) in [7, 11) is 1.65. The molecule has 0 aliphatic carbocycles. The predicted octanol–water partition coefficient (Wildman–Crippen LogP) is 2.07. The molecule has 1 amide bonds.